The minimum Gasteiger partial charge on any atom is -0.477 e. The van der Waals surface area contributed by atoms with Gasteiger partial charge >= 0.3 is 5.97 Å². The molecule has 0 unspecified atom stereocenters. The lowest BCUT2D eigenvalue weighted by Gasteiger charge is -1.99. The Balaban J connectivity index is 3.39. The van der Waals surface area contributed by atoms with Gasteiger partial charge in [0.05, 0.1) is 0 Å². The number of carboxylic acid groups (broad SMARTS) is 1. The van der Waals surface area contributed by atoms with Crippen molar-refractivity contribution < 1.29 is 9.90 Å². The largest absolute Gasteiger partial charge is 0.477 e. The Morgan fingerprint density at radius 3 is 2.85 bits per heavy atom. The van der Waals surface area contributed by atoms with Crippen LogP contribution >= 0.6 is 0 Å². The highest BCUT2D eigenvalue weighted by Gasteiger charge is 1.99. The van der Waals surface area contributed by atoms with Crippen molar-refractivity contribution in [3.8, 4) is 0 Å². The van der Waals surface area contributed by atoms with Crippen LogP contribution in [0.4, 0.5) is 0 Å². The minimum atomic E-state index is -0.987. The van der Waals surface area contributed by atoms with Gasteiger partial charge in [0, 0.05) is 6.54 Å². The predicted molar refractivity (Wildman–Crippen MR) is 52.8 cm³/mol. The standard InChI is InChI=1S/C9H16N2O2/c1-3-4-5-6-7-10-11-8(2)9(12)13/h3,10H,1,4-7H2,2H3,(H,12,13). The number of hydrogen-bond acceptors (Lipinski definition) is 3. The Kier molecular flexibility index (Phi) is 6.59. The summed E-state index contributed by atoms with van der Waals surface area (Å²) < 4.78 is 0. The van der Waals surface area contributed by atoms with Crippen LogP contribution in [0.5, 0.6) is 0 Å². The van der Waals surface area contributed by atoms with Crippen LogP contribution in [0.15, 0.2) is 17.8 Å². The number of hydrogen-bond donors (Lipinski definition) is 2. The number of unbranched alkanes of at least 4 members (excludes halogenated alkanes) is 2. The highest BCUT2D eigenvalue weighted by atomic mass is 16.4. The van der Waals surface area contributed by atoms with Crippen molar-refractivity contribution >= 4 is 11.7 Å². The second-order valence-corrected chi connectivity index (χ2v) is 2.69. The van der Waals surface area contributed by atoms with Crippen molar-refractivity contribution in [2.45, 2.75) is 26.2 Å². The van der Waals surface area contributed by atoms with Gasteiger partial charge in [-0.25, -0.2) is 4.79 Å². The molecule has 2 N–H and O–H groups in total. The fraction of sp³-hybridized carbons (Fsp3) is 0.556. The number of nitrogens with one attached hydrogen (secondary N) is 1. The van der Waals surface area contributed by atoms with Crippen LogP contribution < -0.4 is 5.43 Å². The molecule has 0 aromatic heterocycles. The van der Waals surface area contributed by atoms with E-state index in [2.05, 4.69) is 17.1 Å². The minimum absolute atomic E-state index is 0.0868. The van der Waals surface area contributed by atoms with Gasteiger partial charge in [-0.15, -0.1) is 6.58 Å². The summed E-state index contributed by atoms with van der Waals surface area (Å²) in [6.07, 6.45) is 4.88. The average Bonchev–Trinajstić information content (AvgIpc) is 2.10. The van der Waals surface area contributed by atoms with Crippen LogP contribution in [0.2, 0.25) is 0 Å². The van der Waals surface area contributed by atoms with Crippen LogP contribution in [0.3, 0.4) is 0 Å². The maximum atomic E-state index is 10.3. The first-order chi connectivity index (χ1) is 6.18. The van der Waals surface area contributed by atoms with E-state index in [4.69, 9.17) is 5.11 Å². The molecule has 0 spiro atoms. The van der Waals surface area contributed by atoms with Crippen molar-refractivity contribution in [1.82, 2.24) is 5.43 Å². The summed E-state index contributed by atoms with van der Waals surface area (Å²) in [5.74, 6) is -0.987. The maximum absolute atomic E-state index is 10.3. The Hall–Kier alpha value is -1.32. The topological polar surface area (TPSA) is 61.7 Å². The molecule has 0 amide bonds. The molecule has 0 aliphatic rings. The van der Waals surface area contributed by atoms with E-state index < -0.39 is 5.97 Å². The van der Waals surface area contributed by atoms with E-state index in [0.29, 0.717) is 6.54 Å². The average molecular weight is 184 g/mol. The van der Waals surface area contributed by atoms with Crippen molar-refractivity contribution in [2.75, 3.05) is 6.54 Å². The molecule has 0 saturated heterocycles. The summed E-state index contributed by atoms with van der Waals surface area (Å²) in [4.78, 5) is 10.3. The monoisotopic (exact) mass is 184 g/mol. The zero-order valence-electron chi connectivity index (χ0n) is 7.92. The Morgan fingerprint density at radius 2 is 2.31 bits per heavy atom. The van der Waals surface area contributed by atoms with Crippen LogP contribution in [-0.4, -0.2) is 23.3 Å². The molecule has 0 rings (SSSR count). The molecular formula is C9H16N2O2. The van der Waals surface area contributed by atoms with Crippen LogP contribution in [0.25, 0.3) is 0 Å². The van der Waals surface area contributed by atoms with E-state index in [9.17, 15) is 4.79 Å². The molecule has 4 heteroatoms. The molecule has 74 valence electrons. The Labute approximate surface area is 78.3 Å². The lowest BCUT2D eigenvalue weighted by Crippen LogP contribution is -2.15. The van der Waals surface area contributed by atoms with E-state index >= 15 is 0 Å². The predicted octanol–water partition coefficient (Wildman–Crippen LogP) is 1.39. The number of carboxylic acids is 1. The van der Waals surface area contributed by atoms with E-state index in [-0.39, 0.29) is 5.71 Å². The van der Waals surface area contributed by atoms with E-state index in [1.807, 2.05) is 6.08 Å². The van der Waals surface area contributed by atoms with Crippen LogP contribution in [0.1, 0.15) is 26.2 Å². The second kappa shape index (κ2) is 7.34. The zero-order chi connectivity index (χ0) is 10.1. The molecule has 0 fully saturated rings. The van der Waals surface area contributed by atoms with Crippen molar-refractivity contribution in [3.63, 3.8) is 0 Å². The van der Waals surface area contributed by atoms with Gasteiger partial charge in [-0.05, 0) is 26.2 Å². The summed E-state index contributed by atoms with van der Waals surface area (Å²) in [5.41, 5.74) is 2.79. The van der Waals surface area contributed by atoms with Gasteiger partial charge in [0.15, 0.2) is 0 Å². The van der Waals surface area contributed by atoms with Gasteiger partial charge in [0.2, 0.25) is 0 Å². The number of carbonyl (C=O) groups is 1. The third-order valence-electron chi connectivity index (χ3n) is 1.50. The second-order valence-electron chi connectivity index (χ2n) is 2.69. The highest BCUT2D eigenvalue weighted by Crippen LogP contribution is 1.93. The van der Waals surface area contributed by atoms with Gasteiger partial charge in [0.25, 0.3) is 0 Å². The maximum Gasteiger partial charge on any atom is 0.351 e. The smallest absolute Gasteiger partial charge is 0.351 e. The third-order valence-corrected chi connectivity index (χ3v) is 1.50. The first kappa shape index (κ1) is 11.7. The summed E-state index contributed by atoms with van der Waals surface area (Å²) in [7, 11) is 0. The van der Waals surface area contributed by atoms with Crippen LogP contribution in [0, 0.1) is 0 Å². The lowest BCUT2D eigenvalue weighted by molar-refractivity contribution is -0.129. The quantitative estimate of drug-likeness (QED) is 0.272. The van der Waals surface area contributed by atoms with Crippen molar-refractivity contribution in [3.05, 3.63) is 12.7 Å². The number of hydrazone groups is 1. The molecule has 4 nitrogen and oxygen atoms in total. The molecule has 0 aliphatic carbocycles. The van der Waals surface area contributed by atoms with E-state index in [1.165, 1.54) is 6.92 Å². The normalized spacial score (nSPS) is 11.0. The molecule has 0 bridgehead atoms. The number of nitrogens with zero attached hydrogens (tertiary/aromatic N) is 1. The molecule has 13 heavy (non-hydrogen) atoms. The van der Waals surface area contributed by atoms with Crippen LogP contribution in [-0.2, 0) is 4.79 Å². The number of rotatable bonds is 7. The Bertz CT molecular complexity index is 200. The SMILES string of the molecule is C=CCCCCNN=C(C)C(=O)O. The first-order valence-electron chi connectivity index (χ1n) is 4.29. The number of allylic oxidation sites excluding steroid dienone is 1. The molecule has 0 radical (unpaired) electrons. The number of aliphatic carboxylic acids is 1. The Morgan fingerprint density at radius 1 is 1.62 bits per heavy atom. The first-order valence-corrected chi connectivity index (χ1v) is 4.29. The van der Waals surface area contributed by atoms with Crippen molar-refractivity contribution in [2.24, 2.45) is 5.10 Å². The summed E-state index contributed by atoms with van der Waals surface area (Å²) in [5, 5.41) is 12.1. The van der Waals surface area contributed by atoms with Gasteiger partial charge < -0.3 is 10.5 Å². The molecule has 0 aromatic rings. The molecule has 0 atom stereocenters. The van der Waals surface area contributed by atoms with Crippen molar-refractivity contribution in [1.29, 1.82) is 0 Å². The molecule has 0 aliphatic heterocycles. The molecular weight excluding hydrogens is 168 g/mol. The lowest BCUT2D eigenvalue weighted by atomic mass is 10.2. The fourth-order valence-electron chi connectivity index (χ4n) is 0.715. The fourth-order valence-corrected chi connectivity index (χ4v) is 0.715. The van der Waals surface area contributed by atoms with Gasteiger partial charge in [-0.3, -0.25) is 0 Å². The van der Waals surface area contributed by atoms with Gasteiger partial charge in [-0.1, -0.05) is 6.08 Å². The summed E-state index contributed by atoms with van der Waals surface area (Å²) in [6.45, 7) is 5.77. The van der Waals surface area contributed by atoms with E-state index in [0.717, 1.165) is 19.3 Å². The molecule has 0 heterocycles. The summed E-state index contributed by atoms with van der Waals surface area (Å²) >= 11 is 0. The highest BCUT2D eigenvalue weighted by molar-refractivity contribution is 6.34. The molecule has 0 aromatic carbocycles. The molecule has 0 saturated carbocycles. The van der Waals surface area contributed by atoms with E-state index in [1.54, 1.807) is 0 Å². The van der Waals surface area contributed by atoms with Gasteiger partial charge in [-0.2, -0.15) is 5.10 Å². The summed E-state index contributed by atoms with van der Waals surface area (Å²) in [6, 6.07) is 0. The van der Waals surface area contributed by atoms with Gasteiger partial charge in [0.1, 0.15) is 5.71 Å². The zero-order valence-corrected chi connectivity index (χ0v) is 7.92. The third kappa shape index (κ3) is 7.05.